The van der Waals surface area contributed by atoms with Gasteiger partial charge in [0.05, 0.1) is 23.8 Å². The lowest BCUT2D eigenvalue weighted by Crippen LogP contribution is -2.40. The molecule has 0 radical (unpaired) electrons. The standard InChI is InChI=1S/C10H19NO3S/c1-2-3-4-10-11(5-8(13)6-12)9(14)7-15-10/h8,10,12-13H,2-7H2,1H3. The van der Waals surface area contributed by atoms with E-state index in [2.05, 4.69) is 6.92 Å². The quantitative estimate of drug-likeness (QED) is 0.698. The largest absolute Gasteiger partial charge is 0.394 e. The van der Waals surface area contributed by atoms with Crippen LogP contribution < -0.4 is 0 Å². The summed E-state index contributed by atoms with van der Waals surface area (Å²) < 4.78 is 0. The Morgan fingerprint density at radius 3 is 3.00 bits per heavy atom. The fourth-order valence-electron chi connectivity index (χ4n) is 1.62. The molecule has 0 spiro atoms. The van der Waals surface area contributed by atoms with Crippen molar-refractivity contribution in [2.45, 2.75) is 37.7 Å². The Morgan fingerprint density at radius 2 is 2.40 bits per heavy atom. The molecule has 1 heterocycles. The highest BCUT2D eigenvalue weighted by Crippen LogP contribution is 2.28. The summed E-state index contributed by atoms with van der Waals surface area (Å²) in [5.41, 5.74) is 0. The third-order valence-corrected chi connectivity index (χ3v) is 3.78. The van der Waals surface area contributed by atoms with Crippen molar-refractivity contribution in [2.24, 2.45) is 0 Å². The molecule has 1 aliphatic heterocycles. The van der Waals surface area contributed by atoms with Gasteiger partial charge in [-0.05, 0) is 6.42 Å². The van der Waals surface area contributed by atoms with E-state index in [-0.39, 0.29) is 24.4 Å². The van der Waals surface area contributed by atoms with Gasteiger partial charge in [0, 0.05) is 6.54 Å². The molecule has 2 N–H and O–H groups in total. The van der Waals surface area contributed by atoms with E-state index in [0.29, 0.717) is 5.75 Å². The molecule has 1 saturated heterocycles. The van der Waals surface area contributed by atoms with Crippen LogP contribution in [0.5, 0.6) is 0 Å². The number of unbranched alkanes of at least 4 members (excludes halogenated alkanes) is 1. The summed E-state index contributed by atoms with van der Waals surface area (Å²) in [6.07, 6.45) is 2.38. The zero-order valence-electron chi connectivity index (χ0n) is 9.06. The van der Waals surface area contributed by atoms with Crippen LogP contribution in [-0.2, 0) is 4.79 Å². The average molecular weight is 233 g/mol. The van der Waals surface area contributed by atoms with Crippen LogP contribution in [0.2, 0.25) is 0 Å². The van der Waals surface area contributed by atoms with E-state index in [9.17, 15) is 9.90 Å². The van der Waals surface area contributed by atoms with Gasteiger partial charge < -0.3 is 15.1 Å². The van der Waals surface area contributed by atoms with E-state index in [0.717, 1.165) is 19.3 Å². The highest BCUT2D eigenvalue weighted by Gasteiger charge is 2.31. The summed E-state index contributed by atoms with van der Waals surface area (Å²) in [6.45, 7) is 2.10. The van der Waals surface area contributed by atoms with Crippen LogP contribution in [0.15, 0.2) is 0 Å². The monoisotopic (exact) mass is 233 g/mol. The lowest BCUT2D eigenvalue weighted by molar-refractivity contribution is -0.129. The number of hydrogen-bond acceptors (Lipinski definition) is 4. The Labute approximate surface area is 94.7 Å². The SMILES string of the molecule is CCCCC1SCC(=O)N1CC(O)CO. The number of hydrogen-bond donors (Lipinski definition) is 2. The Kier molecular flexibility index (Phi) is 5.42. The third-order valence-electron chi connectivity index (χ3n) is 2.49. The first kappa shape index (κ1) is 12.8. The van der Waals surface area contributed by atoms with Gasteiger partial charge in [0.2, 0.25) is 5.91 Å². The number of aliphatic hydroxyl groups excluding tert-OH is 2. The van der Waals surface area contributed by atoms with E-state index in [4.69, 9.17) is 5.11 Å². The summed E-state index contributed by atoms with van der Waals surface area (Å²) in [6, 6.07) is 0. The average Bonchev–Trinajstić information content (AvgIpc) is 2.57. The van der Waals surface area contributed by atoms with Crippen molar-refractivity contribution in [3.05, 3.63) is 0 Å². The molecule has 0 bridgehead atoms. The first-order valence-electron chi connectivity index (χ1n) is 5.39. The predicted molar refractivity (Wildman–Crippen MR) is 60.6 cm³/mol. The molecule has 1 aliphatic rings. The van der Waals surface area contributed by atoms with Crippen molar-refractivity contribution in [3.63, 3.8) is 0 Å². The van der Waals surface area contributed by atoms with Crippen molar-refractivity contribution in [3.8, 4) is 0 Å². The predicted octanol–water partition coefficient (Wildman–Crippen LogP) is 0.431. The number of amides is 1. The second kappa shape index (κ2) is 6.35. The maximum Gasteiger partial charge on any atom is 0.233 e. The number of carbonyl (C=O) groups is 1. The minimum Gasteiger partial charge on any atom is -0.394 e. The summed E-state index contributed by atoms with van der Waals surface area (Å²) in [5.74, 6) is 0.584. The molecule has 4 nitrogen and oxygen atoms in total. The second-order valence-corrected chi connectivity index (χ2v) is 4.96. The zero-order valence-corrected chi connectivity index (χ0v) is 9.87. The molecule has 0 aromatic carbocycles. The van der Waals surface area contributed by atoms with E-state index >= 15 is 0 Å². The summed E-state index contributed by atoms with van der Waals surface area (Å²) >= 11 is 1.63. The van der Waals surface area contributed by atoms with E-state index < -0.39 is 6.10 Å². The Hall–Kier alpha value is -0.260. The van der Waals surface area contributed by atoms with Gasteiger partial charge >= 0.3 is 0 Å². The molecule has 0 aromatic rings. The second-order valence-electron chi connectivity index (χ2n) is 3.79. The normalized spacial score (nSPS) is 23.5. The molecule has 88 valence electrons. The topological polar surface area (TPSA) is 60.8 Å². The molecule has 0 aliphatic carbocycles. The number of nitrogens with zero attached hydrogens (tertiary/aromatic N) is 1. The van der Waals surface area contributed by atoms with Gasteiger partial charge in [-0.1, -0.05) is 19.8 Å². The molecule has 0 saturated carbocycles. The Balaban J connectivity index is 2.45. The van der Waals surface area contributed by atoms with E-state index in [1.165, 1.54) is 0 Å². The van der Waals surface area contributed by atoms with Crippen LogP contribution in [0.1, 0.15) is 26.2 Å². The lowest BCUT2D eigenvalue weighted by Gasteiger charge is -2.25. The van der Waals surface area contributed by atoms with Gasteiger partial charge in [-0.3, -0.25) is 4.79 Å². The van der Waals surface area contributed by atoms with Crippen LogP contribution in [0.25, 0.3) is 0 Å². The fraction of sp³-hybridized carbons (Fsp3) is 0.900. The Bertz CT molecular complexity index is 213. The summed E-state index contributed by atoms with van der Waals surface area (Å²) in [4.78, 5) is 13.2. The minimum atomic E-state index is -0.809. The fourth-order valence-corrected chi connectivity index (χ4v) is 2.84. The molecule has 1 fully saturated rings. The number of carbonyl (C=O) groups excluding carboxylic acids is 1. The first-order valence-corrected chi connectivity index (χ1v) is 6.44. The highest BCUT2D eigenvalue weighted by molar-refractivity contribution is 8.00. The van der Waals surface area contributed by atoms with E-state index in [1.54, 1.807) is 16.7 Å². The van der Waals surface area contributed by atoms with Crippen molar-refractivity contribution in [1.29, 1.82) is 0 Å². The van der Waals surface area contributed by atoms with Gasteiger partial charge in [-0.25, -0.2) is 0 Å². The molecule has 2 unspecified atom stereocenters. The van der Waals surface area contributed by atoms with Crippen LogP contribution in [0.3, 0.4) is 0 Å². The van der Waals surface area contributed by atoms with Gasteiger partial charge in [0.1, 0.15) is 0 Å². The lowest BCUT2D eigenvalue weighted by atomic mass is 10.2. The van der Waals surface area contributed by atoms with Crippen molar-refractivity contribution in [1.82, 2.24) is 4.90 Å². The van der Waals surface area contributed by atoms with Crippen molar-refractivity contribution >= 4 is 17.7 Å². The minimum absolute atomic E-state index is 0.0774. The highest BCUT2D eigenvalue weighted by atomic mass is 32.2. The third kappa shape index (κ3) is 3.66. The first-order chi connectivity index (χ1) is 7.19. The number of thioether (sulfide) groups is 1. The van der Waals surface area contributed by atoms with Crippen LogP contribution in [0, 0.1) is 0 Å². The molecular weight excluding hydrogens is 214 g/mol. The zero-order chi connectivity index (χ0) is 11.3. The van der Waals surface area contributed by atoms with E-state index in [1.807, 2.05) is 0 Å². The number of aliphatic hydroxyl groups is 2. The van der Waals surface area contributed by atoms with Gasteiger partial charge in [-0.2, -0.15) is 0 Å². The van der Waals surface area contributed by atoms with Gasteiger partial charge in [0.15, 0.2) is 0 Å². The maximum atomic E-state index is 11.5. The molecule has 1 rings (SSSR count). The molecule has 15 heavy (non-hydrogen) atoms. The molecule has 1 amide bonds. The Morgan fingerprint density at radius 1 is 1.67 bits per heavy atom. The molecule has 5 heteroatoms. The summed E-state index contributed by atoms with van der Waals surface area (Å²) in [7, 11) is 0. The summed E-state index contributed by atoms with van der Waals surface area (Å²) in [5, 5.41) is 18.3. The number of β-amino-alcohol motifs (C(OH)–C–C–N with tert-alkyl or cyclic N) is 1. The number of rotatable bonds is 6. The van der Waals surface area contributed by atoms with Gasteiger partial charge in [-0.15, -0.1) is 11.8 Å². The molecular formula is C10H19NO3S. The molecule has 2 atom stereocenters. The van der Waals surface area contributed by atoms with Crippen molar-refractivity contribution < 1.29 is 15.0 Å². The van der Waals surface area contributed by atoms with Gasteiger partial charge in [0.25, 0.3) is 0 Å². The van der Waals surface area contributed by atoms with Crippen LogP contribution in [-0.4, -0.2) is 51.4 Å². The van der Waals surface area contributed by atoms with Crippen molar-refractivity contribution in [2.75, 3.05) is 18.9 Å². The maximum absolute atomic E-state index is 11.5. The smallest absolute Gasteiger partial charge is 0.233 e. The van der Waals surface area contributed by atoms with Crippen LogP contribution in [0.4, 0.5) is 0 Å². The van der Waals surface area contributed by atoms with Crippen LogP contribution >= 0.6 is 11.8 Å². The molecule has 0 aromatic heterocycles.